The third-order valence-corrected chi connectivity index (χ3v) is 5.84. The second-order valence-electron chi connectivity index (χ2n) is 6.24. The molecule has 0 radical (unpaired) electrons. The molecule has 0 saturated carbocycles. The zero-order chi connectivity index (χ0) is 19.3. The lowest BCUT2D eigenvalue weighted by Gasteiger charge is -2.14. The third-order valence-electron chi connectivity index (χ3n) is 4.31. The van der Waals surface area contributed by atoms with Crippen LogP contribution in [0.2, 0.25) is 0 Å². The minimum Gasteiger partial charge on any atom is -0.380 e. The number of hydrogen-bond acceptors (Lipinski definition) is 4. The Bertz CT molecular complexity index is 1040. The van der Waals surface area contributed by atoms with E-state index in [1.54, 1.807) is 11.8 Å². The van der Waals surface area contributed by atoms with Crippen LogP contribution in [0.15, 0.2) is 94.6 Å². The van der Waals surface area contributed by atoms with E-state index in [4.69, 9.17) is 0 Å². The fourth-order valence-corrected chi connectivity index (χ4v) is 4.06. The number of hydrogen-bond donors (Lipinski definition) is 1. The summed E-state index contributed by atoms with van der Waals surface area (Å²) in [6.07, 6.45) is -0.851. The molecule has 28 heavy (non-hydrogen) atoms. The van der Waals surface area contributed by atoms with E-state index in [0.29, 0.717) is 5.82 Å². The number of aliphatic hydroxyl groups excluding tert-OH is 1. The van der Waals surface area contributed by atoms with Crippen molar-refractivity contribution in [2.75, 3.05) is 0 Å². The molecule has 1 heterocycles. The van der Waals surface area contributed by atoms with Crippen molar-refractivity contribution in [2.24, 2.45) is 0 Å². The Hall–Kier alpha value is -2.41. The van der Waals surface area contributed by atoms with Crippen molar-refractivity contribution < 1.29 is 5.11 Å². The van der Waals surface area contributed by atoms with E-state index in [1.807, 2.05) is 77.4 Å². The molecule has 4 aromatic rings. The van der Waals surface area contributed by atoms with Crippen LogP contribution in [-0.4, -0.2) is 19.9 Å². The normalized spacial score (nSPS) is 12.1. The van der Waals surface area contributed by atoms with Crippen molar-refractivity contribution >= 4 is 27.7 Å². The average Bonchev–Trinajstić information content (AvgIpc) is 3.18. The molecule has 0 saturated heterocycles. The van der Waals surface area contributed by atoms with E-state index in [9.17, 15) is 5.11 Å². The van der Waals surface area contributed by atoms with Crippen LogP contribution >= 0.6 is 27.7 Å². The van der Waals surface area contributed by atoms with Crippen LogP contribution in [0.25, 0.3) is 5.69 Å². The van der Waals surface area contributed by atoms with Gasteiger partial charge in [-0.3, -0.25) is 4.57 Å². The molecular weight excluding hydrogens is 434 g/mol. The summed E-state index contributed by atoms with van der Waals surface area (Å²) in [7, 11) is 0. The van der Waals surface area contributed by atoms with Gasteiger partial charge in [-0.15, -0.1) is 10.2 Å². The second kappa shape index (κ2) is 8.73. The molecule has 0 fully saturated rings. The minimum atomic E-state index is -0.851. The molecule has 0 amide bonds. The summed E-state index contributed by atoms with van der Waals surface area (Å²) in [4.78, 5) is 0. The van der Waals surface area contributed by atoms with Gasteiger partial charge in [-0.05, 0) is 35.4 Å². The summed E-state index contributed by atoms with van der Waals surface area (Å²) in [5.74, 6) is 1.27. The van der Waals surface area contributed by atoms with Crippen LogP contribution in [0.3, 0.4) is 0 Å². The van der Waals surface area contributed by atoms with Gasteiger partial charge in [-0.1, -0.05) is 88.4 Å². The molecule has 4 rings (SSSR count). The summed E-state index contributed by atoms with van der Waals surface area (Å²) >= 11 is 5.06. The highest BCUT2D eigenvalue weighted by Crippen LogP contribution is 2.30. The van der Waals surface area contributed by atoms with Gasteiger partial charge >= 0.3 is 0 Å². The highest BCUT2D eigenvalue weighted by molar-refractivity contribution is 9.10. The molecule has 0 aliphatic rings. The minimum absolute atomic E-state index is 0.510. The van der Waals surface area contributed by atoms with E-state index in [1.165, 1.54) is 5.56 Å². The molecular formula is C22H18BrN3OS. The molecule has 0 aliphatic heterocycles. The summed E-state index contributed by atoms with van der Waals surface area (Å²) in [6.45, 7) is 0. The van der Waals surface area contributed by atoms with Gasteiger partial charge in [0.1, 0.15) is 6.10 Å². The standard InChI is InChI=1S/C22H18BrN3OS/c23-18-13-11-16(12-14-18)15-28-22-25-24-21(20(27)17-7-3-1-4-8-17)26(22)19-9-5-2-6-10-19/h1-14,20,27H,15H2/t20-/m1/s1. The van der Waals surface area contributed by atoms with E-state index in [2.05, 4.69) is 38.3 Å². The number of halogens is 1. The van der Waals surface area contributed by atoms with Gasteiger partial charge in [-0.25, -0.2) is 0 Å². The van der Waals surface area contributed by atoms with Gasteiger partial charge in [0.25, 0.3) is 0 Å². The molecule has 1 atom stereocenters. The fourth-order valence-electron chi connectivity index (χ4n) is 2.88. The third kappa shape index (κ3) is 4.19. The molecule has 0 unspecified atom stereocenters. The van der Waals surface area contributed by atoms with Crippen molar-refractivity contribution in [2.45, 2.75) is 17.0 Å². The second-order valence-corrected chi connectivity index (χ2v) is 8.10. The zero-order valence-electron chi connectivity index (χ0n) is 14.9. The molecule has 4 nitrogen and oxygen atoms in total. The lowest BCUT2D eigenvalue weighted by Crippen LogP contribution is -2.09. The first-order valence-electron chi connectivity index (χ1n) is 8.83. The van der Waals surface area contributed by atoms with E-state index >= 15 is 0 Å². The Morgan fingerprint density at radius 3 is 2.18 bits per heavy atom. The Morgan fingerprint density at radius 2 is 1.50 bits per heavy atom. The van der Waals surface area contributed by atoms with Crippen LogP contribution in [0, 0.1) is 0 Å². The summed E-state index contributed by atoms with van der Waals surface area (Å²) in [5.41, 5.74) is 2.91. The topological polar surface area (TPSA) is 50.9 Å². The highest BCUT2D eigenvalue weighted by atomic mass is 79.9. The first-order valence-corrected chi connectivity index (χ1v) is 10.6. The highest BCUT2D eigenvalue weighted by Gasteiger charge is 2.22. The molecule has 0 spiro atoms. The van der Waals surface area contributed by atoms with E-state index in [-0.39, 0.29) is 0 Å². The first-order chi connectivity index (χ1) is 13.7. The largest absolute Gasteiger partial charge is 0.380 e. The molecule has 140 valence electrons. The van der Waals surface area contributed by atoms with Gasteiger partial charge in [0, 0.05) is 15.9 Å². The maximum atomic E-state index is 10.9. The van der Waals surface area contributed by atoms with Crippen LogP contribution in [0.5, 0.6) is 0 Å². The maximum absolute atomic E-state index is 10.9. The molecule has 1 aromatic heterocycles. The fraction of sp³-hybridized carbons (Fsp3) is 0.0909. The Morgan fingerprint density at radius 1 is 0.857 bits per heavy atom. The van der Waals surface area contributed by atoms with Crippen molar-refractivity contribution in [1.82, 2.24) is 14.8 Å². The van der Waals surface area contributed by atoms with Crippen LogP contribution in [-0.2, 0) is 5.75 Å². The van der Waals surface area contributed by atoms with E-state index in [0.717, 1.165) is 26.6 Å². The Labute approximate surface area is 176 Å². The van der Waals surface area contributed by atoms with Gasteiger partial charge in [0.2, 0.25) is 0 Å². The van der Waals surface area contributed by atoms with Crippen molar-refractivity contribution in [3.8, 4) is 5.69 Å². The quantitative estimate of drug-likeness (QED) is 0.398. The summed E-state index contributed by atoms with van der Waals surface area (Å²) in [6, 6.07) is 27.7. The van der Waals surface area contributed by atoms with E-state index < -0.39 is 6.10 Å². The van der Waals surface area contributed by atoms with Gasteiger partial charge in [-0.2, -0.15) is 0 Å². The lowest BCUT2D eigenvalue weighted by atomic mass is 10.1. The van der Waals surface area contributed by atoms with Gasteiger partial charge < -0.3 is 5.11 Å². The predicted octanol–water partition coefficient (Wildman–Crippen LogP) is 5.40. The molecule has 3 aromatic carbocycles. The number of thioether (sulfide) groups is 1. The molecule has 6 heteroatoms. The number of benzene rings is 3. The molecule has 0 bridgehead atoms. The van der Waals surface area contributed by atoms with Crippen molar-refractivity contribution in [3.63, 3.8) is 0 Å². The number of nitrogens with zero attached hydrogens (tertiary/aromatic N) is 3. The molecule has 1 N–H and O–H groups in total. The van der Waals surface area contributed by atoms with Gasteiger partial charge in [0.05, 0.1) is 0 Å². The molecule has 0 aliphatic carbocycles. The smallest absolute Gasteiger partial charge is 0.196 e. The Balaban J connectivity index is 1.68. The first kappa shape index (κ1) is 18.9. The van der Waals surface area contributed by atoms with Crippen LogP contribution in [0.1, 0.15) is 23.1 Å². The lowest BCUT2D eigenvalue weighted by molar-refractivity contribution is 0.207. The Kier molecular flexibility index (Phi) is 5.90. The monoisotopic (exact) mass is 451 g/mol. The maximum Gasteiger partial charge on any atom is 0.196 e. The summed E-state index contributed by atoms with van der Waals surface area (Å²) < 4.78 is 2.99. The van der Waals surface area contributed by atoms with Crippen LogP contribution in [0.4, 0.5) is 0 Å². The summed E-state index contributed by atoms with van der Waals surface area (Å²) in [5, 5.41) is 20.4. The predicted molar refractivity (Wildman–Crippen MR) is 116 cm³/mol. The number of aliphatic hydroxyl groups is 1. The number of aromatic nitrogens is 3. The van der Waals surface area contributed by atoms with Crippen molar-refractivity contribution in [1.29, 1.82) is 0 Å². The zero-order valence-corrected chi connectivity index (χ0v) is 17.3. The van der Waals surface area contributed by atoms with Crippen LogP contribution < -0.4 is 0 Å². The van der Waals surface area contributed by atoms with Gasteiger partial charge in [0.15, 0.2) is 11.0 Å². The number of para-hydroxylation sites is 1. The van der Waals surface area contributed by atoms with Crippen molar-refractivity contribution in [3.05, 3.63) is 106 Å². The number of rotatable bonds is 6. The average molecular weight is 452 g/mol. The SMILES string of the molecule is O[C@H](c1ccccc1)c1nnc(SCc2ccc(Br)cc2)n1-c1ccccc1.